The number of aliphatic hydroxyl groups excluding tert-OH is 1. The molecule has 122 valence electrons. The first-order valence-corrected chi connectivity index (χ1v) is 7.35. The number of hydrogen-bond donors (Lipinski definition) is 1. The Balaban J connectivity index is 2.27. The highest BCUT2D eigenvalue weighted by molar-refractivity contribution is 5.97. The minimum atomic E-state index is -0.192. The van der Waals surface area contributed by atoms with Gasteiger partial charge in [0.1, 0.15) is 11.5 Å². The SMILES string of the molecule is COc1ccc(C(=O)N(CCO)Cc2ccccc2)c(OC)c1. The molecule has 2 rings (SSSR count). The molecule has 0 aliphatic rings. The molecule has 0 atom stereocenters. The van der Waals surface area contributed by atoms with Gasteiger partial charge in [0.25, 0.3) is 5.91 Å². The fourth-order valence-electron chi connectivity index (χ4n) is 2.32. The Labute approximate surface area is 136 Å². The smallest absolute Gasteiger partial charge is 0.258 e. The predicted octanol–water partition coefficient (Wildman–Crippen LogP) is 2.34. The molecule has 2 aromatic carbocycles. The van der Waals surface area contributed by atoms with Crippen LogP contribution in [0.4, 0.5) is 0 Å². The van der Waals surface area contributed by atoms with Crippen molar-refractivity contribution in [3.63, 3.8) is 0 Å². The predicted molar refractivity (Wildman–Crippen MR) is 87.8 cm³/mol. The largest absolute Gasteiger partial charge is 0.497 e. The van der Waals surface area contributed by atoms with Crippen LogP contribution in [0.15, 0.2) is 48.5 Å². The van der Waals surface area contributed by atoms with Gasteiger partial charge in [0, 0.05) is 19.2 Å². The number of aliphatic hydroxyl groups is 1. The molecule has 0 spiro atoms. The molecule has 0 radical (unpaired) electrons. The van der Waals surface area contributed by atoms with Crippen molar-refractivity contribution in [1.82, 2.24) is 4.90 Å². The molecule has 1 N–H and O–H groups in total. The number of carbonyl (C=O) groups is 1. The Morgan fingerprint density at radius 3 is 2.43 bits per heavy atom. The third-order valence-electron chi connectivity index (χ3n) is 3.51. The van der Waals surface area contributed by atoms with Gasteiger partial charge in [-0.2, -0.15) is 0 Å². The summed E-state index contributed by atoms with van der Waals surface area (Å²) >= 11 is 0. The molecular weight excluding hydrogens is 294 g/mol. The van der Waals surface area contributed by atoms with E-state index in [0.717, 1.165) is 5.56 Å². The fraction of sp³-hybridized carbons (Fsp3) is 0.278. The van der Waals surface area contributed by atoms with Crippen LogP contribution in [-0.2, 0) is 6.54 Å². The van der Waals surface area contributed by atoms with E-state index in [2.05, 4.69) is 0 Å². The van der Waals surface area contributed by atoms with Gasteiger partial charge in [0.2, 0.25) is 0 Å². The summed E-state index contributed by atoms with van der Waals surface area (Å²) in [5.74, 6) is 0.878. The second kappa shape index (κ2) is 8.19. The number of hydrogen-bond acceptors (Lipinski definition) is 4. The Hall–Kier alpha value is -2.53. The van der Waals surface area contributed by atoms with Gasteiger partial charge in [-0.05, 0) is 17.7 Å². The highest BCUT2D eigenvalue weighted by atomic mass is 16.5. The van der Waals surface area contributed by atoms with E-state index in [-0.39, 0.29) is 19.1 Å². The van der Waals surface area contributed by atoms with Crippen molar-refractivity contribution in [2.24, 2.45) is 0 Å². The molecule has 0 unspecified atom stereocenters. The molecule has 0 aromatic heterocycles. The van der Waals surface area contributed by atoms with Crippen LogP contribution < -0.4 is 9.47 Å². The maximum Gasteiger partial charge on any atom is 0.258 e. The van der Waals surface area contributed by atoms with E-state index in [1.54, 1.807) is 30.2 Å². The summed E-state index contributed by atoms with van der Waals surface area (Å²) in [5, 5.41) is 9.27. The average molecular weight is 315 g/mol. The zero-order valence-corrected chi connectivity index (χ0v) is 13.4. The summed E-state index contributed by atoms with van der Waals surface area (Å²) < 4.78 is 10.4. The van der Waals surface area contributed by atoms with Crippen LogP contribution in [0.5, 0.6) is 11.5 Å². The van der Waals surface area contributed by atoms with Crippen molar-refractivity contribution in [3.8, 4) is 11.5 Å². The van der Waals surface area contributed by atoms with E-state index in [0.29, 0.717) is 23.6 Å². The zero-order chi connectivity index (χ0) is 16.7. The number of amides is 1. The van der Waals surface area contributed by atoms with Gasteiger partial charge in [-0.1, -0.05) is 30.3 Å². The van der Waals surface area contributed by atoms with Crippen LogP contribution in [0.25, 0.3) is 0 Å². The molecule has 5 heteroatoms. The minimum absolute atomic E-state index is 0.100. The van der Waals surface area contributed by atoms with Crippen molar-refractivity contribution in [3.05, 3.63) is 59.7 Å². The molecule has 0 aliphatic carbocycles. The number of rotatable bonds is 7. The van der Waals surface area contributed by atoms with Crippen LogP contribution >= 0.6 is 0 Å². The van der Waals surface area contributed by atoms with Crippen LogP contribution in [0.2, 0.25) is 0 Å². The number of benzene rings is 2. The van der Waals surface area contributed by atoms with E-state index in [4.69, 9.17) is 9.47 Å². The molecule has 0 aliphatic heterocycles. The second-order valence-electron chi connectivity index (χ2n) is 5.00. The van der Waals surface area contributed by atoms with Gasteiger partial charge in [-0.15, -0.1) is 0 Å². The highest BCUT2D eigenvalue weighted by Crippen LogP contribution is 2.26. The van der Waals surface area contributed by atoms with Crippen LogP contribution in [0.1, 0.15) is 15.9 Å². The second-order valence-corrected chi connectivity index (χ2v) is 5.00. The number of nitrogens with zero attached hydrogens (tertiary/aromatic N) is 1. The Morgan fingerprint density at radius 2 is 1.83 bits per heavy atom. The lowest BCUT2D eigenvalue weighted by Gasteiger charge is -2.23. The lowest BCUT2D eigenvalue weighted by atomic mass is 10.1. The summed E-state index contributed by atoms with van der Waals surface area (Å²) in [6, 6.07) is 14.7. The van der Waals surface area contributed by atoms with E-state index < -0.39 is 0 Å². The zero-order valence-electron chi connectivity index (χ0n) is 13.4. The van der Waals surface area contributed by atoms with Crippen molar-refractivity contribution in [2.45, 2.75) is 6.54 Å². The topological polar surface area (TPSA) is 59.0 Å². The number of ether oxygens (including phenoxy) is 2. The van der Waals surface area contributed by atoms with Gasteiger partial charge in [0.15, 0.2) is 0 Å². The maximum atomic E-state index is 12.8. The quantitative estimate of drug-likeness (QED) is 0.852. The Kier molecular flexibility index (Phi) is 6.00. The molecular formula is C18H21NO4. The molecule has 0 saturated heterocycles. The van der Waals surface area contributed by atoms with Gasteiger partial charge < -0.3 is 19.5 Å². The normalized spacial score (nSPS) is 10.2. The molecule has 2 aromatic rings. The molecule has 23 heavy (non-hydrogen) atoms. The average Bonchev–Trinajstić information content (AvgIpc) is 2.61. The summed E-state index contributed by atoms with van der Waals surface area (Å²) in [4.78, 5) is 14.4. The van der Waals surface area contributed by atoms with Crippen molar-refractivity contribution in [1.29, 1.82) is 0 Å². The fourth-order valence-corrected chi connectivity index (χ4v) is 2.32. The minimum Gasteiger partial charge on any atom is -0.497 e. The summed E-state index contributed by atoms with van der Waals surface area (Å²) in [5.41, 5.74) is 1.44. The lowest BCUT2D eigenvalue weighted by molar-refractivity contribution is 0.0704. The molecule has 0 bridgehead atoms. The molecule has 0 heterocycles. The molecule has 5 nitrogen and oxygen atoms in total. The standard InChI is InChI=1S/C18H21NO4/c1-22-15-8-9-16(17(12-15)23-2)18(21)19(10-11-20)13-14-6-4-3-5-7-14/h3-9,12,20H,10-11,13H2,1-2H3. The Morgan fingerprint density at radius 1 is 1.09 bits per heavy atom. The first kappa shape index (κ1) is 16.8. The summed E-state index contributed by atoms with van der Waals surface area (Å²) in [6.07, 6.45) is 0. The van der Waals surface area contributed by atoms with Crippen molar-refractivity contribution in [2.75, 3.05) is 27.4 Å². The van der Waals surface area contributed by atoms with E-state index >= 15 is 0 Å². The van der Waals surface area contributed by atoms with Gasteiger partial charge in [0.05, 0.1) is 26.4 Å². The van der Waals surface area contributed by atoms with Gasteiger partial charge in [-0.3, -0.25) is 4.79 Å². The van der Waals surface area contributed by atoms with E-state index in [1.165, 1.54) is 7.11 Å². The van der Waals surface area contributed by atoms with Crippen LogP contribution in [-0.4, -0.2) is 43.3 Å². The van der Waals surface area contributed by atoms with Gasteiger partial charge >= 0.3 is 0 Å². The molecule has 0 fully saturated rings. The lowest BCUT2D eigenvalue weighted by Crippen LogP contribution is -2.33. The Bertz CT molecular complexity index is 643. The van der Waals surface area contributed by atoms with E-state index in [1.807, 2.05) is 30.3 Å². The third kappa shape index (κ3) is 4.23. The number of methoxy groups -OCH3 is 2. The highest BCUT2D eigenvalue weighted by Gasteiger charge is 2.20. The maximum absolute atomic E-state index is 12.8. The number of carbonyl (C=O) groups excluding carboxylic acids is 1. The third-order valence-corrected chi connectivity index (χ3v) is 3.51. The van der Waals surface area contributed by atoms with Crippen LogP contribution in [0.3, 0.4) is 0 Å². The van der Waals surface area contributed by atoms with Gasteiger partial charge in [-0.25, -0.2) is 0 Å². The van der Waals surface area contributed by atoms with Crippen LogP contribution in [0, 0.1) is 0 Å². The summed E-state index contributed by atoms with van der Waals surface area (Å²) in [6.45, 7) is 0.579. The van der Waals surface area contributed by atoms with Crippen molar-refractivity contribution >= 4 is 5.91 Å². The first-order valence-electron chi connectivity index (χ1n) is 7.35. The molecule has 0 saturated carbocycles. The van der Waals surface area contributed by atoms with E-state index in [9.17, 15) is 9.90 Å². The summed E-state index contributed by atoms with van der Waals surface area (Å²) in [7, 11) is 3.07. The monoisotopic (exact) mass is 315 g/mol. The first-order chi connectivity index (χ1) is 11.2. The molecule has 1 amide bonds. The van der Waals surface area contributed by atoms with Crippen molar-refractivity contribution < 1.29 is 19.4 Å².